The monoisotopic (exact) mass is 272 g/mol. The smallest absolute Gasteiger partial charge is 0.253 e. The van der Waals surface area contributed by atoms with Gasteiger partial charge in [-0.2, -0.15) is 0 Å². The van der Waals surface area contributed by atoms with Gasteiger partial charge in [0.05, 0.1) is 11.1 Å². The molecule has 0 radical (unpaired) electrons. The minimum atomic E-state index is 0.00403. The Hall–Kier alpha value is -1.77. The van der Waals surface area contributed by atoms with E-state index in [1.807, 2.05) is 30.5 Å². The summed E-state index contributed by atoms with van der Waals surface area (Å²) in [7, 11) is 0. The summed E-state index contributed by atoms with van der Waals surface area (Å²) in [5.74, 6) is 1.64. The molecule has 0 aliphatic rings. The van der Waals surface area contributed by atoms with E-state index in [2.05, 4.69) is 38.0 Å². The van der Waals surface area contributed by atoms with Gasteiger partial charge >= 0.3 is 0 Å². The number of para-hydroxylation sites is 1. The number of fused-ring (bicyclic) bond motifs is 1. The van der Waals surface area contributed by atoms with Crippen LogP contribution in [0.3, 0.4) is 0 Å². The molecule has 0 aliphatic heterocycles. The van der Waals surface area contributed by atoms with Crippen molar-refractivity contribution in [1.29, 1.82) is 0 Å². The topological polar surface area (TPSA) is 44.9 Å². The van der Waals surface area contributed by atoms with Crippen molar-refractivity contribution in [2.45, 2.75) is 27.7 Å². The van der Waals surface area contributed by atoms with Gasteiger partial charge in [0.2, 0.25) is 0 Å². The number of carbonyl (C=O) groups is 1. The molecule has 1 amide bonds. The Labute approximate surface area is 120 Å². The zero-order valence-corrected chi connectivity index (χ0v) is 12.7. The molecule has 0 bridgehead atoms. The highest BCUT2D eigenvalue weighted by atomic mass is 16.1. The zero-order chi connectivity index (χ0) is 14.7. The molecule has 0 saturated heterocycles. The maximum Gasteiger partial charge on any atom is 0.253 e. The molecule has 108 valence electrons. The number of aromatic nitrogens is 1. The Balaban J connectivity index is 2.10. The van der Waals surface area contributed by atoms with Gasteiger partial charge in [0.25, 0.3) is 5.91 Å². The van der Waals surface area contributed by atoms with E-state index in [0.29, 0.717) is 17.8 Å². The highest BCUT2D eigenvalue weighted by Gasteiger charge is 2.19. The minimum absolute atomic E-state index is 0.00403. The first-order valence-electron chi connectivity index (χ1n) is 7.35. The van der Waals surface area contributed by atoms with E-state index < -0.39 is 0 Å². The first-order valence-corrected chi connectivity index (χ1v) is 7.35. The molecule has 0 spiro atoms. The van der Waals surface area contributed by atoms with Gasteiger partial charge < -0.3 is 10.3 Å². The second-order valence-corrected chi connectivity index (χ2v) is 6.11. The van der Waals surface area contributed by atoms with Crippen LogP contribution in [0.5, 0.6) is 0 Å². The van der Waals surface area contributed by atoms with E-state index in [1.165, 1.54) is 0 Å². The summed E-state index contributed by atoms with van der Waals surface area (Å²) in [6.45, 7) is 9.57. The molecule has 1 aromatic heterocycles. The summed E-state index contributed by atoms with van der Waals surface area (Å²) in [6.07, 6.45) is 1.87. The average Bonchev–Trinajstić information content (AvgIpc) is 2.85. The summed E-state index contributed by atoms with van der Waals surface area (Å²) >= 11 is 0. The van der Waals surface area contributed by atoms with Crippen molar-refractivity contribution in [2.24, 2.45) is 17.8 Å². The number of aromatic amines is 1. The molecular formula is C17H24N2O. The lowest BCUT2D eigenvalue weighted by Gasteiger charge is -2.25. The molecule has 20 heavy (non-hydrogen) atoms. The Morgan fingerprint density at radius 2 is 1.85 bits per heavy atom. The van der Waals surface area contributed by atoms with Crippen LogP contribution < -0.4 is 5.32 Å². The maximum absolute atomic E-state index is 12.4. The fraction of sp³-hybridized carbons (Fsp3) is 0.471. The molecule has 0 fully saturated rings. The van der Waals surface area contributed by atoms with Crippen molar-refractivity contribution in [1.82, 2.24) is 10.3 Å². The Morgan fingerprint density at radius 1 is 1.15 bits per heavy atom. The van der Waals surface area contributed by atoms with Crippen LogP contribution in [-0.2, 0) is 0 Å². The van der Waals surface area contributed by atoms with Crippen LogP contribution in [-0.4, -0.2) is 17.4 Å². The third kappa shape index (κ3) is 3.03. The summed E-state index contributed by atoms with van der Waals surface area (Å²) in [4.78, 5) is 15.5. The van der Waals surface area contributed by atoms with Crippen LogP contribution in [0.1, 0.15) is 38.1 Å². The number of H-pyrrole nitrogens is 1. The lowest BCUT2D eigenvalue weighted by Crippen LogP contribution is -2.34. The molecule has 2 aromatic rings. The second-order valence-electron chi connectivity index (χ2n) is 6.11. The van der Waals surface area contributed by atoms with Gasteiger partial charge in [0, 0.05) is 18.1 Å². The van der Waals surface area contributed by atoms with E-state index in [1.54, 1.807) is 0 Å². The number of hydrogen-bond acceptors (Lipinski definition) is 1. The third-order valence-corrected chi connectivity index (χ3v) is 4.04. The van der Waals surface area contributed by atoms with Crippen LogP contribution in [0.4, 0.5) is 0 Å². The van der Waals surface area contributed by atoms with Crippen LogP contribution >= 0.6 is 0 Å². The van der Waals surface area contributed by atoms with Crippen LogP contribution in [0.25, 0.3) is 10.9 Å². The molecule has 0 aliphatic carbocycles. The first kappa shape index (κ1) is 14.6. The largest absolute Gasteiger partial charge is 0.361 e. The molecule has 0 saturated carbocycles. The van der Waals surface area contributed by atoms with E-state index >= 15 is 0 Å². The molecule has 2 N–H and O–H groups in total. The molecule has 3 nitrogen and oxygen atoms in total. The van der Waals surface area contributed by atoms with Crippen molar-refractivity contribution >= 4 is 16.8 Å². The minimum Gasteiger partial charge on any atom is -0.361 e. The lowest BCUT2D eigenvalue weighted by atomic mass is 9.85. The van der Waals surface area contributed by atoms with Crippen molar-refractivity contribution in [3.63, 3.8) is 0 Å². The van der Waals surface area contributed by atoms with Crippen molar-refractivity contribution in [2.75, 3.05) is 6.54 Å². The van der Waals surface area contributed by atoms with Crippen molar-refractivity contribution < 1.29 is 4.79 Å². The lowest BCUT2D eigenvalue weighted by molar-refractivity contribution is 0.0938. The Kier molecular flexibility index (Phi) is 4.48. The number of carbonyl (C=O) groups excluding carboxylic acids is 1. The third-order valence-electron chi connectivity index (χ3n) is 4.04. The van der Waals surface area contributed by atoms with Gasteiger partial charge in [-0.1, -0.05) is 39.8 Å². The summed E-state index contributed by atoms with van der Waals surface area (Å²) in [6, 6.07) is 7.78. The predicted octanol–water partition coefficient (Wildman–Crippen LogP) is 3.83. The van der Waals surface area contributed by atoms with Gasteiger partial charge in [-0.3, -0.25) is 4.79 Å². The van der Waals surface area contributed by atoms with Crippen molar-refractivity contribution in [3.05, 3.63) is 36.0 Å². The fourth-order valence-electron chi connectivity index (χ4n) is 2.82. The second kappa shape index (κ2) is 6.12. The molecule has 3 heteroatoms. The van der Waals surface area contributed by atoms with Gasteiger partial charge in [0.1, 0.15) is 0 Å². The summed E-state index contributed by atoms with van der Waals surface area (Å²) in [5.41, 5.74) is 1.63. The average molecular weight is 272 g/mol. The summed E-state index contributed by atoms with van der Waals surface area (Å²) in [5, 5.41) is 4.16. The Morgan fingerprint density at radius 3 is 2.50 bits per heavy atom. The normalized spacial score (nSPS) is 11.8. The van der Waals surface area contributed by atoms with Gasteiger partial charge in [-0.05, 0) is 29.9 Å². The summed E-state index contributed by atoms with van der Waals surface area (Å²) < 4.78 is 0. The number of hydrogen-bond donors (Lipinski definition) is 2. The SMILES string of the molecule is CC(C)C(CNC(=O)c1cccc2cc[nH]c12)C(C)C. The van der Waals surface area contributed by atoms with Crippen molar-refractivity contribution in [3.8, 4) is 0 Å². The number of benzene rings is 1. The highest BCUT2D eigenvalue weighted by Crippen LogP contribution is 2.20. The van der Waals surface area contributed by atoms with E-state index in [4.69, 9.17) is 0 Å². The quantitative estimate of drug-likeness (QED) is 0.853. The van der Waals surface area contributed by atoms with E-state index in [0.717, 1.165) is 23.0 Å². The van der Waals surface area contributed by atoms with E-state index in [-0.39, 0.29) is 5.91 Å². The Bertz CT molecular complexity index is 575. The molecular weight excluding hydrogens is 248 g/mol. The standard InChI is InChI=1S/C17H24N2O/c1-11(2)15(12(3)4)10-19-17(20)14-7-5-6-13-8-9-18-16(13)14/h5-9,11-12,15,18H,10H2,1-4H3,(H,19,20). The van der Waals surface area contributed by atoms with Crippen LogP contribution in [0.2, 0.25) is 0 Å². The van der Waals surface area contributed by atoms with Crippen LogP contribution in [0.15, 0.2) is 30.5 Å². The maximum atomic E-state index is 12.4. The first-order chi connectivity index (χ1) is 9.50. The number of nitrogens with one attached hydrogen (secondary N) is 2. The molecule has 2 rings (SSSR count). The molecule has 1 heterocycles. The van der Waals surface area contributed by atoms with Gasteiger partial charge in [0.15, 0.2) is 0 Å². The molecule has 0 atom stereocenters. The van der Waals surface area contributed by atoms with Crippen LogP contribution in [0, 0.1) is 17.8 Å². The molecule has 1 aromatic carbocycles. The number of rotatable bonds is 5. The predicted molar refractivity (Wildman–Crippen MR) is 83.8 cm³/mol. The zero-order valence-electron chi connectivity index (χ0n) is 12.7. The molecule has 0 unspecified atom stereocenters. The van der Waals surface area contributed by atoms with Gasteiger partial charge in [-0.25, -0.2) is 0 Å². The highest BCUT2D eigenvalue weighted by molar-refractivity contribution is 6.05. The fourth-order valence-corrected chi connectivity index (χ4v) is 2.82. The van der Waals surface area contributed by atoms with Gasteiger partial charge in [-0.15, -0.1) is 0 Å². The number of amides is 1. The van der Waals surface area contributed by atoms with E-state index in [9.17, 15) is 4.79 Å².